The smallest absolute Gasteiger partial charge is 0.290 e. The number of likely N-dealkylation sites (tertiary alicyclic amines) is 2. The van der Waals surface area contributed by atoms with Gasteiger partial charge in [0.25, 0.3) is 11.8 Å². The number of piperazine rings is 1. The second-order valence-corrected chi connectivity index (χ2v) is 11.0. The van der Waals surface area contributed by atoms with Crippen LogP contribution in [0.2, 0.25) is 0 Å². The minimum absolute atomic E-state index is 0.0915. The maximum Gasteiger partial charge on any atom is 0.290 e. The van der Waals surface area contributed by atoms with Crippen LogP contribution in [0.5, 0.6) is 0 Å². The molecule has 2 aromatic heterocycles. The Labute approximate surface area is 221 Å². The Morgan fingerprint density at radius 2 is 1.84 bits per heavy atom. The van der Waals surface area contributed by atoms with E-state index in [1.165, 1.54) is 0 Å². The van der Waals surface area contributed by atoms with Crippen molar-refractivity contribution in [2.75, 3.05) is 13.1 Å². The summed E-state index contributed by atoms with van der Waals surface area (Å²) in [5.41, 5.74) is 8.86. The largest absolute Gasteiger partial charge is 0.351 e. The number of aromatic amines is 2. The van der Waals surface area contributed by atoms with Gasteiger partial charge in [-0.3, -0.25) is 14.4 Å². The van der Waals surface area contributed by atoms with Crippen molar-refractivity contribution in [3.8, 4) is 0 Å². The van der Waals surface area contributed by atoms with Gasteiger partial charge in [0, 0.05) is 30.0 Å². The number of carbonyl (C=O) groups is 3. The van der Waals surface area contributed by atoms with Crippen molar-refractivity contribution in [3.05, 3.63) is 60.0 Å². The number of H-pyrrole nitrogens is 2. The number of nitrogens with zero attached hydrogens (tertiary/aromatic N) is 3. The van der Waals surface area contributed by atoms with Gasteiger partial charge in [0.2, 0.25) is 5.91 Å². The van der Waals surface area contributed by atoms with Crippen molar-refractivity contribution >= 4 is 54.2 Å². The van der Waals surface area contributed by atoms with Crippen LogP contribution in [0.3, 0.4) is 0 Å². The lowest BCUT2D eigenvalue weighted by molar-refractivity contribution is -0.135. The highest BCUT2D eigenvalue weighted by Gasteiger charge is 2.49. The van der Waals surface area contributed by atoms with E-state index in [2.05, 4.69) is 29.5 Å². The summed E-state index contributed by atoms with van der Waals surface area (Å²) in [6, 6.07) is 13.9. The average molecular weight is 532 g/mol. The summed E-state index contributed by atoms with van der Waals surface area (Å²) in [7, 11) is 2.64. The second-order valence-electron chi connectivity index (χ2n) is 10.4. The molecule has 2 aliphatic rings. The molecular formula is C27H30N7O3P. The minimum atomic E-state index is -0.759. The lowest BCUT2D eigenvalue weighted by Crippen LogP contribution is -2.56. The number of carbonyl (C=O) groups excluding carboxylic acids is 3. The maximum atomic E-state index is 13.6. The first-order chi connectivity index (χ1) is 18.3. The van der Waals surface area contributed by atoms with Gasteiger partial charge in [0.05, 0.1) is 23.1 Å². The molecule has 0 aliphatic carbocycles. The van der Waals surface area contributed by atoms with E-state index in [-0.39, 0.29) is 35.8 Å². The Balaban J connectivity index is 1.15. The number of nitrogens with one attached hydrogen (secondary N) is 3. The van der Waals surface area contributed by atoms with Crippen LogP contribution in [-0.2, 0) is 4.79 Å². The standard InChI is InChI=1S/C27H30N7O3P/c1-14(28)8-23(32-25(35)22-10-15-9-18(38)6-7-19(15)29-22)26(36)33-12-17-11-16(33)13-34(17)27(37)24-30-20-4-2-3-5-21(20)31-24/h2-7,9-10,14,16-17,23,29H,8,11-13,28,38H2,1H3,(H,30,31)(H,32,35). The average Bonchev–Trinajstić information content (AvgIpc) is 3.68. The van der Waals surface area contributed by atoms with Crippen LogP contribution in [0.25, 0.3) is 21.9 Å². The summed E-state index contributed by atoms with van der Waals surface area (Å²) in [6.45, 7) is 2.67. The van der Waals surface area contributed by atoms with E-state index >= 15 is 0 Å². The first kappa shape index (κ1) is 24.6. The normalized spacial score (nSPS) is 20.3. The van der Waals surface area contributed by atoms with Crippen molar-refractivity contribution in [2.45, 2.75) is 43.9 Å². The molecule has 2 bridgehead atoms. The van der Waals surface area contributed by atoms with Gasteiger partial charge in [0.15, 0.2) is 5.82 Å². The van der Waals surface area contributed by atoms with Gasteiger partial charge in [0.1, 0.15) is 11.7 Å². The number of amides is 3. The lowest BCUT2D eigenvalue weighted by Gasteiger charge is -2.36. The number of para-hydroxylation sites is 2. The molecule has 2 aromatic carbocycles. The fraction of sp³-hybridized carbons (Fsp3) is 0.333. The van der Waals surface area contributed by atoms with E-state index in [4.69, 9.17) is 5.73 Å². The summed E-state index contributed by atoms with van der Waals surface area (Å²) in [6.07, 6.45) is 1.02. The number of benzene rings is 2. The molecule has 10 nitrogen and oxygen atoms in total. The van der Waals surface area contributed by atoms with E-state index in [9.17, 15) is 14.4 Å². The molecule has 5 N–H and O–H groups in total. The monoisotopic (exact) mass is 531 g/mol. The number of rotatable bonds is 6. The van der Waals surface area contributed by atoms with Crippen LogP contribution in [0.1, 0.15) is 40.9 Å². The third-order valence-corrected chi connectivity index (χ3v) is 7.84. The van der Waals surface area contributed by atoms with E-state index in [1.807, 2.05) is 49.4 Å². The van der Waals surface area contributed by atoms with Crippen molar-refractivity contribution in [1.82, 2.24) is 30.1 Å². The molecular weight excluding hydrogens is 501 g/mol. The number of aromatic nitrogens is 3. The van der Waals surface area contributed by atoms with Gasteiger partial charge in [-0.15, -0.1) is 9.24 Å². The fourth-order valence-corrected chi connectivity index (χ4v) is 5.95. The van der Waals surface area contributed by atoms with Gasteiger partial charge in [-0.2, -0.15) is 0 Å². The van der Waals surface area contributed by atoms with Crippen LogP contribution in [0.15, 0.2) is 48.5 Å². The Bertz CT molecular complexity index is 1530. The highest BCUT2D eigenvalue weighted by atomic mass is 31.0. The molecule has 2 saturated heterocycles. The number of nitrogens with two attached hydrogens (primary N) is 1. The molecule has 2 fully saturated rings. The number of fused-ring (bicyclic) bond motifs is 4. The zero-order valence-corrected chi connectivity index (χ0v) is 22.1. The first-order valence-corrected chi connectivity index (χ1v) is 13.4. The van der Waals surface area contributed by atoms with E-state index in [0.29, 0.717) is 37.4 Å². The van der Waals surface area contributed by atoms with Crippen molar-refractivity contribution < 1.29 is 14.4 Å². The summed E-state index contributed by atoms with van der Waals surface area (Å²) in [4.78, 5) is 54.3. The van der Waals surface area contributed by atoms with Gasteiger partial charge < -0.3 is 30.8 Å². The molecule has 5 unspecified atom stereocenters. The topological polar surface area (TPSA) is 140 Å². The molecule has 0 radical (unpaired) electrons. The fourth-order valence-electron chi connectivity index (χ4n) is 5.68. The number of imidazole rings is 1. The third-order valence-electron chi connectivity index (χ3n) is 7.48. The summed E-state index contributed by atoms with van der Waals surface area (Å²) in [5.74, 6) is -0.363. The molecule has 3 amide bonds. The molecule has 2 aliphatic heterocycles. The molecule has 11 heteroatoms. The molecule has 4 heterocycles. The zero-order chi connectivity index (χ0) is 26.6. The lowest BCUT2D eigenvalue weighted by atomic mass is 10.1. The Kier molecular flexibility index (Phi) is 6.16. The van der Waals surface area contributed by atoms with Crippen LogP contribution < -0.4 is 16.4 Å². The highest BCUT2D eigenvalue weighted by molar-refractivity contribution is 7.27. The van der Waals surface area contributed by atoms with Crippen LogP contribution in [-0.4, -0.2) is 79.7 Å². The van der Waals surface area contributed by atoms with Crippen molar-refractivity contribution in [1.29, 1.82) is 0 Å². The molecule has 4 aromatic rings. The maximum absolute atomic E-state index is 13.6. The van der Waals surface area contributed by atoms with Crippen molar-refractivity contribution in [2.24, 2.45) is 5.73 Å². The first-order valence-electron chi connectivity index (χ1n) is 12.8. The van der Waals surface area contributed by atoms with E-state index in [1.54, 1.807) is 15.9 Å². The Hall–Kier alpha value is -3.75. The van der Waals surface area contributed by atoms with Gasteiger partial charge in [-0.05, 0) is 55.4 Å². The zero-order valence-electron chi connectivity index (χ0n) is 21.0. The van der Waals surface area contributed by atoms with E-state index in [0.717, 1.165) is 27.2 Å². The minimum Gasteiger partial charge on any atom is -0.351 e. The van der Waals surface area contributed by atoms with Gasteiger partial charge in [-0.25, -0.2) is 4.98 Å². The van der Waals surface area contributed by atoms with Crippen LogP contribution in [0.4, 0.5) is 0 Å². The predicted molar refractivity (Wildman–Crippen MR) is 148 cm³/mol. The SMILES string of the molecule is CC(N)CC(NC(=O)c1cc2cc(P)ccc2[nH]1)C(=O)N1CC2CC1CN2C(=O)c1nc2ccccc2[nH]1. The Morgan fingerprint density at radius 1 is 1.08 bits per heavy atom. The number of hydrogen-bond donors (Lipinski definition) is 4. The van der Waals surface area contributed by atoms with Crippen LogP contribution >= 0.6 is 9.24 Å². The van der Waals surface area contributed by atoms with Gasteiger partial charge in [-0.1, -0.05) is 18.2 Å². The molecule has 0 spiro atoms. The highest BCUT2D eigenvalue weighted by Crippen LogP contribution is 2.32. The third kappa shape index (κ3) is 4.44. The van der Waals surface area contributed by atoms with E-state index < -0.39 is 6.04 Å². The van der Waals surface area contributed by atoms with Crippen LogP contribution in [0, 0.1) is 0 Å². The van der Waals surface area contributed by atoms with Gasteiger partial charge >= 0.3 is 0 Å². The summed E-state index contributed by atoms with van der Waals surface area (Å²) >= 11 is 0. The van der Waals surface area contributed by atoms with Crippen molar-refractivity contribution in [3.63, 3.8) is 0 Å². The number of hydrogen-bond acceptors (Lipinski definition) is 5. The Morgan fingerprint density at radius 3 is 2.58 bits per heavy atom. The summed E-state index contributed by atoms with van der Waals surface area (Å²) < 4.78 is 0. The molecule has 6 rings (SSSR count). The second kappa shape index (κ2) is 9.53. The predicted octanol–water partition coefficient (Wildman–Crippen LogP) is 1.51. The molecule has 38 heavy (non-hydrogen) atoms. The molecule has 5 atom stereocenters. The summed E-state index contributed by atoms with van der Waals surface area (Å²) in [5, 5.41) is 4.85. The molecule has 196 valence electrons. The molecule has 0 saturated carbocycles. The quantitative estimate of drug-likeness (QED) is 0.279.